The molecule has 2 aromatic rings. The summed E-state index contributed by atoms with van der Waals surface area (Å²) in [5, 5.41) is 1.22. The molecule has 1 aliphatic carbocycles. The molecule has 1 saturated carbocycles. The van der Waals surface area contributed by atoms with Gasteiger partial charge in [-0.05, 0) is 67.2 Å². The molecule has 21 heavy (non-hydrogen) atoms. The summed E-state index contributed by atoms with van der Waals surface area (Å²) in [5.74, 6) is 2.82. The maximum Gasteiger partial charge on any atom is 0.0704 e. The Kier molecular flexibility index (Phi) is 4.25. The Morgan fingerprint density at radius 2 is 2.10 bits per heavy atom. The van der Waals surface area contributed by atoms with Crippen molar-refractivity contribution in [2.75, 3.05) is 6.54 Å². The number of benzene rings is 1. The number of hydrogen-bond donors (Lipinski definition) is 1. The average Bonchev–Trinajstić information content (AvgIpc) is 2.53. The highest BCUT2D eigenvalue weighted by Crippen LogP contribution is 2.43. The van der Waals surface area contributed by atoms with E-state index in [9.17, 15) is 0 Å². The van der Waals surface area contributed by atoms with E-state index >= 15 is 0 Å². The van der Waals surface area contributed by atoms with Crippen molar-refractivity contribution < 1.29 is 0 Å². The Labute approximate surface area is 127 Å². The molecule has 3 atom stereocenters. The van der Waals surface area contributed by atoms with Crippen molar-refractivity contribution in [2.24, 2.45) is 23.5 Å². The van der Waals surface area contributed by atoms with Crippen LogP contribution in [0.2, 0.25) is 0 Å². The fourth-order valence-corrected chi connectivity index (χ4v) is 3.88. The molecule has 0 radical (unpaired) electrons. The minimum absolute atomic E-state index is 0.600. The fraction of sp³-hybridized carbons (Fsp3) is 0.526. The summed E-state index contributed by atoms with van der Waals surface area (Å²) in [7, 11) is 0. The first-order chi connectivity index (χ1) is 10.2. The van der Waals surface area contributed by atoms with Gasteiger partial charge in [-0.15, -0.1) is 0 Å². The van der Waals surface area contributed by atoms with E-state index in [0.717, 1.165) is 23.9 Å². The molecule has 1 heterocycles. The molecule has 3 unspecified atom stereocenters. The fourth-order valence-electron chi connectivity index (χ4n) is 3.88. The number of hydrogen-bond acceptors (Lipinski definition) is 2. The molecule has 2 N–H and O–H groups in total. The third kappa shape index (κ3) is 2.96. The predicted molar refractivity (Wildman–Crippen MR) is 89.2 cm³/mol. The van der Waals surface area contributed by atoms with E-state index in [1.165, 1.54) is 30.2 Å². The van der Waals surface area contributed by atoms with E-state index in [-0.39, 0.29) is 0 Å². The van der Waals surface area contributed by atoms with Crippen LogP contribution in [0.1, 0.15) is 44.6 Å². The zero-order chi connectivity index (χ0) is 14.8. The summed E-state index contributed by atoms with van der Waals surface area (Å²) in [6, 6.07) is 10.9. The third-order valence-electron chi connectivity index (χ3n) is 5.34. The highest BCUT2D eigenvalue weighted by molar-refractivity contribution is 5.79. The van der Waals surface area contributed by atoms with E-state index in [4.69, 9.17) is 5.73 Å². The topological polar surface area (TPSA) is 38.9 Å². The molecule has 1 aromatic carbocycles. The van der Waals surface area contributed by atoms with Crippen molar-refractivity contribution in [3.05, 3.63) is 42.1 Å². The van der Waals surface area contributed by atoms with Crippen molar-refractivity contribution in [3.63, 3.8) is 0 Å². The molecule has 3 rings (SSSR count). The molecule has 2 nitrogen and oxygen atoms in total. The Bertz CT molecular complexity index is 605. The second-order valence-electron chi connectivity index (χ2n) is 6.87. The highest BCUT2D eigenvalue weighted by Gasteiger charge is 2.32. The molecule has 112 valence electrons. The van der Waals surface area contributed by atoms with Gasteiger partial charge < -0.3 is 5.73 Å². The van der Waals surface area contributed by atoms with Crippen LogP contribution in [-0.2, 0) is 0 Å². The number of fused-ring (bicyclic) bond motifs is 1. The van der Waals surface area contributed by atoms with Crippen LogP contribution in [0.15, 0.2) is 36.5 Å². The van der Waals surface area contributed by atoms with Gasteiger partial charge in [-0.2, -0.15) is 0 Å². The van der Waals surface area contributed by atoms with Crippen LogP contribution in [0.5, 0.6) is 0 Å². The molecule has 0 amide bonds. The maximum atomic E-state index is 6.05. The first-order valence-corrected chi connectivity index (χ1v) is 8.23. The van der Waals surface area contributed by atoms with E-state index in [2.05, 4.69) is 43.1 Å². The van der Waals surface area contributed by atoms with Gasteiger partial charge in [-0.25, -0.2) is 0 Å². The quantitative estimate of drug-likeness (QED) is 0.909. The zero-order valence-corrected chi connectivity index (χ0v) is 13.1. The van der Waals surface area contributed by atoms with Gasteiger partial charge in [-0.1, -0.05) is 32.0 Å². The summed E-state index contributed by atoms with van der Waals surface area (Å²) in [6.45, 7) is 5.51. The molecule has 0 bridgehead atoms. The van der Waals surface area contributed by atoms with Gasteiger partial charge in [0.15, 0.2) is 0 Å². The Morgan fingerprint density at radius 3 is 2.86 bits per heavy atom. The lowest BCUT2D eigenvalue weighted by Gasteiger charge is -2.37. The van der Waals surface area contributed by atoms with Gasteiger partial charge >= 0.3 is 0 Å². The lowest BCUT2D eigenvalue weighted by Crippen LogP contribution is -2.30. The van der Waals surface area contributed by atoms with Crippen molar-refractivity contribution >= 4 is 10.9 Å². The van der Waals surface area contributed by atoms with Gasteiger partial charge in [0.1, 0.15) is 0 Å². The van der Waals surface area contributed by atoms with Gasteiger partial charge in [0, 0.05) is 11.6 Å². The number of pyridine rings is 1. The largest absolute Gasteiger partial charge is 0.330 e. The first kappa shape index (κ1) is 14.5. The van der Waals surface area contributed by atoms with Gasteiger partial charge in [0.25, 0.3) is 0 Å². The van der Waals surface area contributed by atoms with Crippen molar-refractivity contribution in [3.8, 4) is 0 Å². The maximum absolute atomic E-state index is 6.05. The molecule has 1 aromatic heterocycles. The molecular formula is C19H26N2. The lowest BCUT2D eigenvalue weighted by atomic mass is 9.68. The van der Waals surface area contributed by atoms with E-state index in [1.54, 1.807) is 0 Å². The summed E-state index contributed by atoms with van der Waals surface area (Å²) >= 11 is 0. The molecule has 0 saturated heterocycles. The highest BCUT2D eigenvalue weighted by atomic mass is 14.6. The smallest absolute Gasteiger partial charge is 0.0704 e. The van der Waals surface area contributed by atoms with Crippen molar-refractivity contribution in [2.45, 2.75) is 39.0 Å². The van der Waals surface area contributed by atoms with Gasteiger partial charge in [0.2, 0.25) is 0 Å². The molecule has 1 aliphatic rings. The SMILES string of the molecule is CC(C)C1CCC(CN)C(c2ccc3cccnc3c2)C1. The number of aromatic nitrogens is 1. The van der Waals surface area contributed by atoms with Crippen LogP contribution in [0.3, 0.4) is 0 Å². The second-order valence-corrected chi connectivity index (χ2v) is 6.87. The van der Waals surface area contributed by atoms with E-state index < -0.39 is 0 Å². The average molecular weight is 282 g/mol. The molecule has 0 spiro atoms. The van der Waals surface area contributed by atoms with Crippen LogP contribution in [0, 0.1) is 17.8 Å². The van der Waals surface area contributed by atoms with Crippen LogP contribution in [0.25, 0.3) is 10.9 Å². The van der Waals surface area contributed by atoms with Crippen LogP contribution in [-0.4, -0.2) is 11.5 Å². The van der Waals surface area contributed by atoms with Crippen LogP contribution in [0.4, 0.5) is 0 Å². The monoisotopic (exact) mass is 282 g/mol. The lowest BCUT2D eigenvalue weighted by molar-refractivity contribution is 0.197. The predicted octanol–water partition coefficient (Wildman–Crippen LogP) is 4.35. The zero-order valence-electron chi connectivity index (χ0n) is 13.1. The normalized spacial score (nSPS) is 26.4. The Hall–Kier alpha value is -1.41. The van der Waals surface area contributed by atoms with Crippen LogP contribution < -0.4 is 5.73 Å². The summed E-state index contributed by atoms with van der Waals surface area (Å²) in [5.41, 5.74) is 8.59. The van der Waals surface area contributed by atoms with Crippen molar-refractivity contribution in [1.29, 1.82) is 0 Å². The molecule has 0 aliphatic heterocycles. The minimum Gasteiger partial charge on any atom is -0.330 e. The van der Waals surface area contributed by atoms with Gasteiger partial charge in [-0.3, -0.25) is 4.98 Å². The first-order valence-electron chi connectivity index (χ1n) is 8.23. The van der Waals surface area contributed by atoms with E-state index in [0.29, 0.717) is 11.8 Å². The molecule has 1 fully saturated rings. The summed E-state index contributed by atoms with van der Waals surface area (Å²) in [6.07, 6.45) is 5.76. The number of rotatable bonds is 3. The van der Waals surface area contributed by atoms with Crippen LogP contribution >= 0.6 is 0 Å². The molecule has 2 heteroatoms. The van der Waals surface area contributed by atoms with Gasteiger partial charge in [0.05, 0.1) is 5.52 Å². The molecular weight excluding hydrogens is 256 g/mol. The summed E-state index contributed by atoms with van der Waals surface area (Å²) < 4.78 is 0. The minimum atomic E-state index is 0.600. The van der Waals surface area contributed by atoms with E-state index in [1.807, 2.05) is 12.3 Å². The summed E-state index contributed by atoms with van der Waals surface area (Å²) in [4.78, 5) is 4.51. The Morgan fingerprint density at radius 1 is 1.24 bits per heavy atom. The Balaban J connectivity index is 1.93. The second kappa shape index (κ2) is 6.15. The number of nitrogens with two attached hydrogens (primary N) is 1. The number of nitrogens with zero attached hydrogens (tertiary/aromatic N) is 1. The van der Waals surface area contributed by atoms with Crippen molar-refractivity contribution in [1.82, 2.24) is 4.98 Å². The third-order valence-corrected chi connectivity index (χ3v) is 5.34. The standard InChI is InChI=1S/C19H26N2/c1-13(2)15-6-8-17(12-20)18(10-15)16-7-5-14-4-3-9-21-19(14)11-16/h3-5,7,9,11,13,15,17-18H,6,8,10,12,20H2,1-2H3.